The number of nitrogens with zero attached hydrogens (tertiary/aromatic N) is 2. The van der Waals surface area contributed by atoms with Gasteiger partial charge in [-0.05, 0) is 37.5 Å². The van der Waals surface area contributed by atoms with Crippen LogP contribution in [0.25, 0.3) is 0 Å². The number of hydrogen-bond donors (Lipinski definition) is 1. The maximum absolute atomic E-state index is 13.0. The summed E-state index contributed by atoms with van der Waals surface area (Å²) in [6.45, 7) is 0.615. The summed E-state index contributed by atoms with van der Waals surface area (Å²) in [4.78, 5) is 1.48. The van der Waals surface area contributed by atoms with Crippen LogP contribution in [0.3, 0.4) is 0 Å². The summed E-state index contributed by atoms with van der Waals surface area (Å²) in [5, 5.41) is 18.3. The van der Waals surface area contributed by atoms with Gasteiger partial charge in [-0.15, -0.1) is 0 Å². The zero-order chi connectivity index (χ0) is 20.2. The molecule has 146 valence electrons. The molecule has 1 aliphatic heterocycles. The number of benzene rings is 1. The van der Waals surface area contributed by atoms with Crippen molar-refractivity contribution in [2.45, 2.75) is 41.8 Å². The summed E-state index contributed by atoms with van der Waals surface area (Å²) in [6, 6.07) is 6.09. The lowest BCUT2D eigenvalue weighted by Crippen LogP contribution is -2.39. The van der Waals surface area contributed by atoms with E-state index in [9.17, 15) is 32.0 Å². The van der Waals surface area contributed by atoms with Crippen LogP contribution in [-0.2, 0) is 15.4 Å². The number of allylic oxidation sites excluding steroid dienone is 1. The lowest BCUT2D eigenvalue weighted by Gasteiger charge is -2.26. The molecule has 5 nitrogen and oxygen atoms in total. The average Bonchev–Trinajstić information content (AvgIpc) is 3.36. The van der Waals surface area contributed by atoms with Crippen molar-refractivity contribution in [2.75, 3.05) is 7.05 Å². The van der Waals surface area contributed by atoms with Crippen LogP contribution in [0.15, 0.2) is 39.1 Å². The predicted octanol–water partition coefficient (Wildman–Crippen LogP) is 3.34. The fraction of sp³-hybridized carbons (Fsp3) is 0.471. The second kappa shape index (κ2) is 6.43. The molecule has 0 aromatic heterocycles. The van der Waals surface area contributed by atoms with Gasteiger partial charge in [-0.25, -0.2) is 8.42 Å². The number of rotatable bonds is 4. The summed E-state index contributed by atoms with van der Waals surface area (Å²) in [7, 11) is -2.31. The zero-order valence-electron chi connectivity index (χ0n) is 14.5. The topological polar surface area (TPSA) is 81.4 Å². The van der Waals surface area contributed by atoms with E-state index in [2.05, 4.69) is 6.07 Å². The van der Waals surface area contributed by atoms with E-state index in [-0.39, 0.29) is 15.1 Å². The molecule has 2 atom stereocenters. The minimum atomic E-state index is -4.89. The monoisotopic (exact) mass is 418 g/mol. The number of halogens is 3. The maximum atomic E-state index is 13.0. The minimum Gasteiger partial charge on any atom is -0.376 e. The summed E-state index contributed by atoms with van der Waals surface area (Å²) < 4.78 is 65.0. The molecule has 1 saturated carbocycles. The average molecular weight is 418 g/mol. The molecule has 0 radical (unpaired) electrons. The van der Waals surface area contributed by atoms with Crippen molar-refractivity contribution >= 4 is 21.6 Å². The van der Waals surface area contributed by atoms with Crippen molar-refractivity contribution in [2.24, 2.45) is 5.92 Å². The Morgan fingerprint density at radius 1 is 1.26 bits per heavy atom. The highest BCUT2D eigenvalue weighted by Gasteiger charge is 2.51. The van der Waals surface area contributed by atoms with Gasteiger partial charge >= 0.3 is 6.18 Å². The molecule has 10 heteroatoms. The second-order valence-corrected chi connectivity index (χ2v) is 9.99. The Morgan fingerprint density at radius 3 is 2.26 bits per heavy atom. The molecule has 1 N–H and O–H groups in total. The molecular weight excluding hydrogens is 401 g/mol. The Kier molecular flexibility index (Phi) is 4.77. The van der Waals surface area contributed by atoms with Crippen LogP contribution in [-0.4, -0.2) is 37.0 Å². The molecule has 2 aliphatic rings. The van der Waals surface area contributed by atoms with Crippen LogP contribution in [0.2, 0.25) is 0 Å². The standard InChI is InChI=1S/C17H17F3N2O3S2/c1-16(23,17(18,19)20)11-5-7-12(8-6-11)27(24,25)15-14(10-3-4-10)22(2)13(9-21)26-15/h5-8,10,13,23H,3-4H2,1-2H3. The summed E-state index contributed by atoms with van der Waals surface area (Å²) in [6.07, 6.45) is -3.21. The smallest absolute Gasteiger partial charge is 0.376 e. The number of alkyl halides is 3. The Hall–Kier alpha value is -1.70. The van der Waals surface area contributed by atoms with E-state index < -0.39 is 32.6 Å². The number of hydrogen-bond acceptors (Lipinski definition) is 6. The SMILES string of the molecule is CN1C(C2CC2)=C(S(=O)(=O)c2ccc(C(C)(O)C(F)(F)F)cc2)SC1C#N. The Balaban J connectivity index is 2.00. The quantitative estimate of drug-likeness (QED) is 0.808. The van der Waals surface area contributed by atoms with Crippen LogP contribution in [0.1, 0.15) is 25.3 Å². The lowest BCUT2D eigenvalue weighted by atomic mass is 9.96. The van der Waals surface area contributed by atoms with E-state index in [1.54, 1.807) is 11.9 Å². The van der Waals surface area contributed by atoms with Crippen molar-refractivity contribution in [3.05, 3.63) is 39.8 Å². The highest BCUT2D eigenvalue weighted by Crippen LogP contribution is 2.51. The van der Waals surface area contributed by atoms with Crippen molar-refractivity contribution in [1.82, 2.24) is 4.90 Å². The third kappa shape index (κ3) is 3.32. The maximum Gasteiger partial charge on any atom is 0.421 e. The Morgan fingerprint density at radius 2 is 1.81 bits per heavy atom. The van der Waals surface area contributed by atoms with Gasteiger partial charge in [0.05, 0.1) is 11.0 Å². The van der Waals surface area contributed by atoms with E-state index in [1.165, 1.54) is 0 Å². The molecule has 3 rings (SSSR count). The Bertz CT molecular complexity index is 928. The highest BCUT2D eigenvalue weighted by atomic mass is 32.3. The minimum absolute atomic E-state index is 0.0781. The molecule has 1 heterocycles. The van der Waals surface area contributed by atoms with Crippen molar-refractivity contribution in [3.63, 3.8) is 0 Å². The van der Waals surface area contributed by atoms with Gasteiger partial charge in [0.15, 0.2) is 11.0 Å². The van der Waals surface area contributed by atoms with Gasteiger partial charge < -0.3 is 10.0 Å². The first-order valence-corrected chi connectivity index (χ1v) is 10.5. The van der Waals surface area contributed by atoms with Gasteiger partial charge in [-0.2, -0.15) is 18.4 Å². The number of sulfone groups is 1. The van der Waals surface area contributed by atoms with Gasteiger partial charge in [0.25, 0.3) is 0 Å². The molecule has 0 saturated heterocycles. The van der Waals surface area contributed by atoms with Crippen molar-refractivity contribution in [3.8, 4) is 6.07 Å². The van der Waals surface area contributed by atoms with Gasteiger partial charge in [0.2, 0.25) is 9.84 Å². The molecule has 1 fully saturated rings. The van der Waals surface area contributed by atoms with Gasteiger partial charge in [0.1, 0.15) is 4.24 Å². The summed E-state index contributed by atoms with van der Waals surface area (Å²) in [5.74, 6) is 0.0795. The van der Waals surface area contributed by atoms with Crippen molar-refractivity contribution < 1.29 is 26.7 Å². The van der Waals surface area contributed by atoms with E-state index >= 15 is 0 Å². The van der Waals surface area contributed by atoms with Gasteiger partial charge in [-0.1, -0.05) is 23.9 Å². The van der Waals surface area contributed by atoms with Gasteiger partial charge in [-0.3, -0.25) is 0 Å². The van der Waals surface area contributed by atoms with E-state index in [1.807, 2.05) is 0 Å². The van der Waals surface area contributed by atoms with E-state index in [0.29, 0.717) is 12.6 Å². The molecule has 2 unspecified atom stereocenters. The third-order valence-electron chi connectivity index (χ3n) is 4.76. The van der Waals surface area contributed by atoms with Crippen LogP contribution in [0, 0.1) is 17.2 Å². The predicted molar refractivity (Wildman–Crippen MR) is 93.8 cm³/mol. The van der Waals surface area contributed by atoms with Gasteiger partial charge in [0, 0.05) is 18.7 Å². The number of aliphatic hydroxyl groups is 1. The molecule has 0 spiro atoms. The van der Waals surface area contributed by atoms with Crippen LogP contribution >= 0.6 is 11.8 Å². The number of thioether (sulfide) groups is 1. The molecule has 1 aliphatic carbocycles. The molecule has 0 bridgehead atoms. The first kappa shape index (κ1) is 20.0. The summed E-state index contributed by atoms with van der Waals surface area (Å²) >= 11 is 0.938. The molecule has 0 amide bonds. The van der Waals surface area contributed by atoms with Crippen molar-refractivity contribution in [1.29, 1.82) is 5.26 Å². The van der Waals surface area contributed by atoms with E-state index in [0.717, 1.165) is 48.9 Å². The molecule has 27 heavy (non-hydrogen) atoms. The third-order valence-corrected chi connectivity index (χ3v) is 8.36. The Labute approximate surface area is 159 Å². The van der Waals surface area contributed by atoms with Crippen LogP contribution in [0.4, 0.5) is 13.2 Å². The lowest BCUT2D eigenvalue weighted by molar-refractivity contribution is -0.258. The second-order valence-electron chi connectivity index (χ2n) is 6.75. The summed E-state index contributed by atoms with van der Waals surface area (Å²) in [5.41, 5.74) is -2.93. The molecule has 1 aromatic carbocycles. The first-order valence-electron chi connectivity index (χ1n) is 8.09. The normalized spacial score (nSPS) is 23.3. The molecule has 1 aromatic rings. The van der Waals surface area contributed by atoms with E-state index in [4.69, 9.17) is 0 Å². The highest BCUT2D eigenvalue weighted by molar-refractivity contribution is 8.19. The fourth-order valence-electron chi connectivity index (χ4n) is 2.87. The first-order chi connectivity index (χ1) is 12.4. The number of nitriles is 1. The fourth-order valence-corrected chi connectivity index (χ4v) is 6.19. The zero-order valence-corrected chi connectivity index (χ0v) is 16.1. The van der Waals surface area contributed by atoms with Crippen LogP contribution in [0.5, 0.6) is 0 Å². The van der Waals surface area contributed by atoms with Crippen LogP contribution < -0.4 is 0 Å². The largest absolute Gasteiger partial charge is 0.421 e. The molecular formula is C17H17F3N2O3S2.